The van der Waals surface area contributed by atoms with Crippen molar-refractivity contribution < 1.29 is 13.2 Å². The van der Waals surface area contributed by atoms with E-state index in [0.29, 0.717) is 25.3 Å². The number of anilines is 1. The SMILES string of the molecule is CC1(C)CC(NS(=O)(=O)c2ccc(N)nc2)CCO1. The van der Waals surface area contributed by atoms with Crippen LogP contribution in [0.4, 0.5) is 5.82 Å². The Labute approximate surface area is 113 Å². The van der Waals surface area contributed by atoms with Crippen molar-refractivity contribution in [2.75, 3.05) is 12.3 Å². The second-order valence-corrected chi connectivity index (χ2v) is 7.05. The molecule has 19 heavy (non-hydrogen) atoms. The Hall–Kier alpha value is -1.18. The van der Waals surface area contributed by atoms with Gasteiger partial charge >= 0.3 is 0 Å². The summed E-state index contributed by atoms with van der Waals surface area (Å²) in [7, 11) is -3.55. The molecule has 1 unspecified atom stereocenters. The van der Waals surface area contributed by atoms with Crippen LogP contribution < -0.4 is 10.5 Å². The van der Waals surface area contributed by atoms with Crippen molar-refractivity contribution in [2.24, 2.45) is 0 Å². The number of aromatic nitrogens is 1. The van der Waals surface area contributed by atoms with Gasteiger partial charge < -0.3 is 10.5 Å². The Kier molecular flexibility index (Phi) is 3.80. The zero-order valence-electron chi connectivity index (χ0n) is 11.1. The van der Waals surface area contributed by atoms with Crippen molar-refractivity contribution in [1.82, 2.24) is 9.71 Å². The highest BCUT2D eigenvalue weighted by Crippen LogP contribution is 2.25. The third-order valence-corrected chi connectivity index (χ3v) is 4.59. The average Bonchev–Trinajstić information content (AvgIpc) is 2.27. The fourth-order valence-electron chi connectivity index (χ4n) is 2.17. The maximum absolute atomic E-state index is 12.2. The number of nitrogens with two attached hydrogens (primary N) is 1. The standard InChI is InChI=1S/C12H19N3O3S/c1-12(2)7-9(5-6-18-12)15-19(16,17)10-3-4-11(13)14-8-10/h3-4,8-9,15H,5-7H2,1-2H3,(H2,13,14). The highest BCUT2D eigenvalue weighted by atomic mass is 32.2. The maximum Gasteiger partial charge on any atom is 0.242 e. The second-order valence-electron chi connectivity index (χ2n) is 5.34. The molecule has 7 heteroatoms. The average molecular weight is 285 g/mol. The van der Waals surface area contributed by atoms with Gasteiger partial charge in [-0.3, -0.25) is 0 Å². The van der Waals surface area contributed by atoms with E-state index in [-0.39, 0.29) is 16.5 Å². The van der Waals surface area contributed by atoms with Gasteiger partial charge in [-0.2, -0.15) is 0 Å². The molecule has 2 heterocycles. The molecule has 0 aromatic carbocycles. The van der Waals surface area contributed by atoms with Crippen LogP contribution in [0.15, 0.2) is 23.2 Å². The summed E-state index contributed by atoms with van der Waals surface area (Å²) in [6.45, 7) is 4.47. The van der Waals surface area contributed by atoms with Crippen LogP contribution in [0.25, 0.3) is 0 Å². The molecule has 3 N–H and O–H groups in total. The van der Waals surface area contributed by atoms with Crippen molar-refractivity contribution in [2.45, 2.75) is 43.2 Å². The first-order valence-electron chi connectivity index (χ1n) is 6.16. The van der Waals surface area contributed by atoms with E-state index >= 15 is 0 Å². The molecule has 1 saturated heterocycles. The van der Waals surface area contributed by atoms with Crippen LogP contribution in [0, 0.1) is 0 Å². The van der Waals surface area contributed by atoms with Crippen LogP contribution in [0.3, 0.4) is 0 Å². The highest BCUT2D eigenvalue weighted by molar-refractivity contribution is 7.89. The van der Waals surface area contributed by atoms with Gasteiger partial charge in [-0.05, 0) is 38.8 Å². The number of rotatable bonds is 3. The Bertz CT molecular complexity index is 540. The van der Waals surface area contributed by atoms with Gasteiger partial charge in [0.05, 0.1) is 5.60 Å². The highest BCUT2D eigenvalue weighted by Gasteiger charge is 2.31. The summed E-state index contributed by atoms with van der Waals surface area (Å²) in [4.78, 5) is 3.93. The van der Waals surface area contributed by atoms with Gasteiger partial charge in [0.25, 0.3) is 0 Å². The molecule has 0 spiro atoms. The van der Waals surface area contributed by atoms with Gasteiger partial charge in [0.15, 0.2) is 0 Å². The predicted octanol–water partition coefficient (Wildman–Crippen LogP) is 0.900. The van der Waals surface area contributed by atoms with Crippen molar-refractivity contribution in [3.8, 4) is 0 Å². The quantitative estimate of drug-likeness (QED) is 0.860. The third kappa shape index (κ3) is 3.65. The molecule has 6 nitrogen and oxygen atoms in total. The van der Waals surface area contributed by atoms with Gasteiger partial charge in [-0.1, -0.05) is 0 Å². The minimum atomic E-state index is -3.55. The Balaban J connectivity index is 2.11. The van der Waals surface area contributed by atoms with E-state index in [0.717, 1.165) is 0 Å². The summed E-state index contributed by atoms with van der Waals surface area (Å²) in [5, 5.41) is 0. The number of sulfonamides is 1. The summed E-state index contributed by atoms with van der Waals surface area (Å²) in [5.41, 5.74) is 5.15. The van der Waals surface area contributed by atoms with E-state index < -0.39 is 10.0 Å². The second kappa shape index (κ2) is 5.07. The third-order valence-electron chi connectivity index (χ3n) is 3.09. The molecule has 1 fully saturated rings. The molecule has 0 radical (unpaired) electrons. The predicted molar refractivity (Wildman–Crippen MR) is 72.0 cm³/mol. The molecule has 0 aliphatic carbocycles. The zero-order valence-corrected chi connectivity index (χ0v) is 11.9. The molecule has 106 valence electrons. The molecule has 0 amide bonds. The van der Waals surface area contributed by atoms with E-state index in [1.54, 1.807) is 0 Å². The van der Waals surface area contributed by atoms with Crippen LogP contribution in [0.2, 0.25) is 0 Å². The van der Waals surface area contributed by atoms with Crippen molar-refractivity contribution in [3.05, 3.63) is 18.3 Å². The smallest absolute Gasteiger partial charge is 0.242 e. The van der Waals surface area contributed by atoms with E-state index in [2.05, 4.69) is 9.71 Å². The van der Waals surface area contributed by atoms with Crippen molar-refractivity contribution in [3.63, 3.8) is 0 Å². The molecule has 1 atom stereocenters. The zero-order chi connectivity index (χ0) is 14.1. The molecule has 1 aromatic rings. The maximum atomic E-state index is 12.2. The van der Waals surface area contributed by atoms with Crippen molar-refractivity contribution >= 4 is 15.8 Å². The van der Waals surface area contributed by atoms with Gasteiger partial charge in [0.1, 0.15) is 10.7 Å². The molecule has 1 aromatic heterocycles. The fourth-order valence-corrected chi connectivity index (χ4v) is 3.39. The van der Waals surface area contributed by atoms with Crippen LogP contribution >= 0.6 is 0 Å². The van der Waals surface area contributed by atoms with E-state index in [1.807, 2.05) is 13.8 Å². The Morgan fingerprint density at radius 1 is 1.47 bits per heavy atom. The number of nitrogens with zero attached hydrogens (tertiary/aromatic N) is 1. The number of pyridine rings is 1. The fraction of sp³-hybridized carbons (Fsp3) is 0.583. The van der Waals surface area contributed by atoms with E-state index in [9.17, 15) is 8.42 Å². The number of ether oxygens (including phenoxy) is 1. The van der Waals surface area contributed by atoms with E-state index in [4.69, 9.17) is 10.5 Å². The topological polar surface area (TPSA) is 94.3 Å². The van der Waals surface area contributed by atoms with Gasteiger partial charge in [-0.25, -0.2) is 18.1 Å². The minimum absolute atomic E-state index is 0.119. The molecule has 0 bridgehead atoms. The minimum Gasteiger partial charge on any atom is -0.384 e. The molecule has 2 rings (SSSR count). The molecule has 1 aliphatic rings. The van der Waals surface area contributed by atoms with Crippen LogP contribution in [0.1, 0.15) is 26.7 Å². The lowest BCUT2D eigenvalue weighted by Gasteiger charge is -2.35. The largest absolute Gasteiger partial charge is 0.384 e. The summed E-state index contributed by atoms with van der Waals surface area (Å²) in [6.07, 6.45) is 2.59. The van der Waals surface area contributed by atoms with Crippen LogP contribution in [-0.2, 0) is 14.8 Å². The number of hydrogen-bond acceptors (Lipinski definition) is 5. The molecular weight excluding hydrogens is 266 g/mol. The van der Waals surface area contributed by atoms with Crippen molar-refractivity contribution in [1.29, 1.82) is 0 Å². The van der Waals surface area contributed by atoms with Crippen LogP contribution in [-0.4, -0.2) is 31.7 Å². The van der Waals surface area contributed by atoms with Gasteiger partial charge in [-0.15, -0.1) is 0 Å². The summed E-state index contributed by atoms with van der Waals surface area (Å²) < 4.78 is 32.6. The number of hydrogen-bond donors (Lipinski definition) is 2. The molecule has 1 aliphatic heterocycles. The normalized spacial score (nSPS) is 23.2. The lowest BCUT2D eigenvalue weighted by Crippen LogP contribution is -2.45. The molecular formula is C12H19N3O3S. The first kappa shape index (κ1) is 14.2. The number of nitrogen functional groups attached to an aromatic ring is 1. The van der Waals surface area contributed by atoms with E-state index in [1.165, 1.54) is 18.3 Å². The lowest BCUT2D eigenvalue weighted by atomic mass is 9.95. The van der Waals surface area contributed by atoms with Gasteiger partial charge in [0, 0.05) is 18.8 Å². The lowest BCUT2D eigenvalue weighted by molar-refractivity contribution is -0.0599. The molecule has 0 saturated carbocycles. The Morgan fingerprint density at radius 3 is 2.79 bits per heavy atom. The van der Waals surface area contributed by atoms with Crippen LogP contribution in [0.5, 0.6) is 0 Å². The first-order chi connectivity index (χ1) is 8.78. The van der Waals surface area contributed by atoms with Gasteiger partial charge in [0.2, 0.25) is 10.0 Å². The number of nitrogens with one attached hydrogen (secondary N) is 1. The summed E-state index contributed by atoms with van der Waals surface area (Å²) in [5.74, 6) is 0.297. The summed E-state index contributed by atoms with van der Waals surface area (Å²) >= 11 is 0. The summed E-state index contributed by atoms with van der Waals surface area (Å²) in [6, 6.07) is 2.81. The monoisotopic (exact) mass is 285 g/mol. The first-order valence-corrected chi connectivity index (χ1v) is 7.65. The Morgan fingerprint density at radius 2 is 2.21 bits per heavy atom.